The number of nitrogens with zero attached hydrogens (tertiary/aromatic N) is 1. The summed E-state index contributed by atoms with van der Waals surface area (Å²) < 4.78 is 0. The van der Waals surface area contributed by atoms with Gasteiger partial charge >= 0.3 is 5.97 Å². The van der Waals surface area contributed by atoms with Gasteiger partial charge in [-0.05, 0) is 29.9 Å². The van der Waals surface area contributed by atoms with Gasteiger partial charge in [0.15, 0.2) is 0 Å². The van der Waals surface area contributed by atoms with Crippen molar-refractivity contribution < 1.29 is 14.7 Å². The van der Waals surface area contributed by atoms with Gasteiger partial charge in [-0.3, -0.25) is 4.79 Å². The van der Waals surface area contributed by atoms with Crippen molar-refractivity contribution in [3.63, 3.8) is 0 Å². The summed E-state index contributed by atoms with van der Waals surface area (Å²) in [6.45, 7) is 0. The second kappa shape index (κ2) is 7.50. The fourth-order valence-corrected chi connectivity index (χ4v) is 3.72. The molecule has 5 heteroatoms. The molecule has 0 aromatic heterocycles. The van der Waals surface area contributed by atoms with E-state index >= 15 is 0 Å². The van der Waals surface area contributed by atoms with Gasteiger partial charge in [0.2, 0.25) is 5.91 Å². The lowest BCUT2D eigenvalue weighted by molar-refractivity contribution is -0.150. The normalized spacial score (nSPS) is 17.2. The van der Waals surface area contributed by atoms with Crippen molar-refractivity contribution in [2.24, 2.45) is 5.92 Å². The summed E-state index contributed by atoms with van der Waals surface area (Å²) in [5.74, 6) is 0.980. The van der Waals surface area contributed by atoms with Gasteiger partial charge < -0.3 is 10.0 Å². The van der Waals surface area contributed by atoms with E-state index in [4.69, 9.17) is 0 Å². The van der Waals surface area contributed by atoms with Gasteiger partial charge in [-0.25, -0.2) is 4.79 Å². The summed E-state index contributed by atoms with van der Waals surface area (Å²) in [6.07, 6.45) is 2.05. The number of carbonyl (C=O) groups excluding carboxylic acids is 1. The fourth-order valence-electron chi connectivity index (χ4n) is 2.61. The first-order valence-electron chi connectivity index (χ1n) is 7.20. The van der Waals surface area contributed by atoms with Gasteiger partial charge in [0, 0.05) is 19.4 Å². The molecule has 0 aliphatic carbocycles. The SMILES string of the molecule is CN(C(=O)C1CCSCC1)C(Cc1ccccc1)C(=O)O. The zero-order valence-electron chi connectivity index (χ0n) is 12.2. The zero-order valence-corrected chi connectivity index (χ0v) is 13.0. The summed E-state index contributed by atoms with van der Waals surface area (Å²) in [7, 11) is 1.62. The number of benzene rings is 1. The Labute approximate surface area is 129 Å². The van der Waals surface area contributed by atoms with E-state index < -0.39 is 12.0 Å². The molecular weight excluding hydrogens is 286 g/mol. The smallest absolute Gasteiger partial charge is 0.326 e. The largest absolute Gasteiger partial charge is 0.480 e. The van der Waals surface area contributed by atoms with Crippen LogP contribution in [0.15, 0.2) is 30.3 Å². The first kappa shape index (κ1) is 15.9. The fraction of sp³-hybridized carbons (Fsp3) is 0.500. The van der Waals surface area contributed by atoms with Crippen molar-refractivity contribution in [3.8, 4) is 0 Å². The quantitative estimate of drug-likeness (QED) is 0.907. The molecule has 1 amide bonds. The number of likely N-dealkylation sites (N-methyl/N-ethyl adjacent to an activating group) is 1. The molecule has 114 valence electrons. The molecule has 1 aliphatic rings. The van der Waals surface area contributed by atoms with Crippen molar-refractivity contribution in [3.05, 3.63) is 35.9 Å². The minimum atomic E-state index is -0.945. The van der Waals surface area contributed by atoms with Crippen LogP contribution < -0.4 is 0 Å². The van der Waals surface area contributed by atoms with Crippen LogP contribution in [0.25, 0.3) is 0 Å². The van der Waals surface area contributed by atoms with Crippen molar-refractivity contribution in [2.75, 3.05) is 18.6 Å². The molecule has 1 unspecified atom stereocenters. The molecule has 0 bridgehead atoms. The number of hydrogen-bond acceptors (Lipinski definition) is 3. The summed E-state index contributed by atoms with van der Waals surface area (Å²) in [5, 5.41) is 9.45. The molecule has 0 radical (unpaired) electrons. The molecule has 1 heterocycles. The van der Waals surface area contributed by atoms with Crippen LogP contribution in [-0.4, -0.2) is 46.5 Å². The lowest BCUT2D eigenvalue weighted by Crippen LogP contribution is -2.46. The summed E-state index contributed by atoms with van der Waals surface area (Å²) in [5.41, 5.74) is 0.934. The number of carboxylic acid groups (broad SMARTS) is 1. The minimum absolute atomic E-state index is 0.0196. The Morgan fingerprint density at radius 3 is 2.48 bits per heavy atom. The zero-order chi connectivity index (χ0) is 15.2. The van der Waals surface area contributed by atoms with Crippen molar-refractivity contribution in [1.29, 1.82) is 0 Å². The van der Waals surface area contributed by atoms with Crippen LogP contribution in [-0.2, 0) is 16.0 Å². The maximum absolute atomic E-state index is 12.5. The number of carboxylic acids is 1. The van der Waals surface area contributed by atoms with Crippen LogP contribution in [0, 0.1) is 5.92 Å². The molecular formula is C16H21NO3S. The topological polar surface area (TPSA) is 57.6 Å². The van der Waals surface area contributed by atoms with Gasteiger partial charge in [-0.2, -0.15) is 11.8 Å². The summed E-state index contributed by atoms with van der Waals surface area (Å²) in [6, 6.07) is 8.66. The maximum atomic E-state index is 12.5. The molecule has 1 atom stereocenters. The van der Waals surface area contributed by atoms with Crippen LogP contribution in [0.2, 0.25) is 0 Å². The van der Waals surface area contributed by atoms with E-state index in [-0.39, 0.29) is 11.8 Å². The molecule has 0 saturated carbocycles. The molecule has 1 aromatic rings. The summed E-state index contributed by atoms with van der Waals surface area (Å²) in [4.78, 5) is 25.4. The highest BCUT2D eigenvalue weighted by molar-refractivity contribution is 7.99. The van der Waals surface area contributed by atoms with E-state index in [1.54, 1.807) is 7.05 Å². The van der Waals surface area contributed by atoms with Gasteiger partial charge in [0.25, 0.3) is 0 Å². The van der Waals surface area contributed by atoms with Crippen LogP contribution in [0.1, 0.15) is 18.4 Å². The van der Waals surface area contributed by atoms with E-state index in [9.17, 15) is 14.7 Å². The number of hydrogen-bond donors (Lipinski definition) is 1. The first-order valence-corrected chi connectivity index (χ1v) is 8.36. The number of rotatable bonds is 5. The number of aliphatic carboxylic acids is 1. The van der Waals surface area contributed by atoms with Gasteiger partial charge in [-0.15, -0.1) is 0 Å². The van der Waals surface area contributed by atoms with Crippen molar-refractivity contribution >= 4 is 23.6 Å². The lowest BCUT2D eigenvalue weighted by atomic mass is 9.98. The summed E-state index contributed by atoms with van der Waals surface area (Å²) >= 11 is 1.86. The molecule has 1 aromatic carbocycles. The second-order valence-corrected chi connectivity index (χ2v) is 6.60. The standard InChI is InChI=1S/C16H21NO3S/c1-17(15(18)13-7-9-21-10-8-13)14(16(19)20)11-12-5-3-2-4-6-12/h2-6,13-14H,7-11H2,1H3,(H,19,20). The predicted octanol–water partition coefficient (Wildman–Crippen LogP) is 2.28. The molecule has 0 spiro atoms. The monoisotopic (exact) mass is 307 g/mol. The third-order valence-corrected chi connectivity index (χ3v) is 4.99. The molecule has 1 aliphatic heterocycles. The molecule has 1 N–H and O–H groups in total. The van der Waals surface area contributed by atoms with Crippen LogP contribution in [0.4, 0.5) is 0 Å². The second-order valence-electron chi connectivity index (χ2n) is 5.38. The predicted molar refractivity (Wildman–Crippen MR) is 84.4 cm³/mol. The average Bonchev–Trinajstić information content (AvgIpc) is 2.53. The Morgan fingerprint density at radius 1 is 1.29 bits per heavy atom. The lowest BCUT2D eigenvalue weighted by Gasteiger charge is -2.30. The molecule has 1 saturated heterocycles. The van der Waals surface area contributed by atoms with Crippen LogP contribution >= 0.6 is 11.8 Å². The van der Waals surface area contributed by atoms with E-state index in [0.717, 1.165) is 29.9 Å². The first-order chi connectivity index (χ1) is 10.1. The Balaban J connectivity index is 2.06. The van der Waals surface area contributed by atoms with E-state index in [1.165, 1.54) is 4.90 Å². The van der Waals surface area contributed by atoms with Crippen molar-refractivity contribution in [1.82, 2.24) is 4.90 Å². The number of carbonyl (C=O) groups is 2. The number of amides is 1. The highest BCUT2D eigenvalue weighted by atomic mass is 32.2. The van der Waals surface area contributed by atoms with E-state index in [1.807, 2.05) is 42.1 Å². The van der Waals surface area contributed by atoms with Gasteiger partial charge in [0.1, 0.15) is 6.04 Å². The van der Waals surface area contributed by atoms with E-state index in [0.29, 0.717) is 6.42 Å². The van der Waals surface area contributed by atoms with Crippen LogP contribution in [0.3, 0.4) is 0 Å². The average molecular weight is 307 g/mol. The van der Waals surface area contributed by atoms with E-state index in [2.05, 4.69) is 0 Å². The Hall–Kier alpha value is -1.49. The highest BCUT2D eigenvalue weighted by Crippen LogP contribution is 2.25. The molecule has 2 rings (SSSR count). The molecule has 21 heavy (non-hydrogen) atoms. The third kappa shape index (κ3) is 4.24. The third-order valence-electron chi connectivity index (χ3n) is 3.94. The van der Waals surface area contributed by atoms with Crippen molar-refractivity contribution in [2.45, 2.75) is 25.3 Å². The Morgan fingerprint density at radius 2 is 1.90 bits per heavy atom. The molecule has 1 fully saturated rings. The Bertz CT molecular complexity index is 486. The van der Waals surface area contributed by atoms with Crippen LogP contribution in [0.5, 0.6) is 0 Å². The Kier molecular flexibility index (Phi) is 5.67. The van der Waals surface area contributed by atoms with Gasteiger partial charge in [-0.1, -0.05) is 30.3 Å². The minimum Gasteiger partial charge on any atom is -0.480 e. The molecule has 4 nitrogen and oxygen atoms in total. The van der Waals surface area contributed by atoms with Gasteiger partial charge in [0.05, 0.1) is 0 Å². The highest BCUT2D eigenvalue weighted by Gasteiger charge is 2.31. The maximum Gasteiger partial charge on any atom is 0.326 e. The number of thioether (sulfide) groups is 1.